The van der Waals surface area contributed by atoms with Crippen LogP contribution in [0.3, 0.4) is 0 Å². The van der Waals surface area contributed by atoms with Crippen molar-refractivity contribution in [2.24, 2.45) is 0 Å². The molecular formula is C20H28N4O6. The second kappa shape index (κ2) is 11.8. The lowest BCUT2D eigenvalue weighted by atomic mass is 10.1. The lowest BCUT2D eigenvalue weighted by Gasteiger charge is -2.40. The monoisotopic (exact) mass is 420 g/mol. The Morgan fingerprint density at radius 2 is 1.73 bits per heavy atom. The van der Waals surface area contributed by atoms with Crippen LogP contribution in [-0.4, -0.2) is 86.2 Å². The van der Waals surface area contributed by atoms with Crippen LogP contribution in [0.5, 0.6) is 0 Å². The molecule has 30 heavy (non-hydrogen) atoms. The van der Waals surface area contributed by atoms with E-state index in [1.54, 1.807) is 6.92 Å². The molecular weight excluding hydrogens is 392 g/mol. The van der Waals surface area contributed by atoms with E-state index in [-0.39, 0.29) is 32.8 Å². The Labute approximate surface area is 175 Å². The number of nitrogens with one attached hydrogen (secondary N) is 2. The molecule has 1 saturated heterocycles. The van der Waals surface area contributed by atoms with Crippen LogP contribution in [0.4, 0.5) is 4.79 Å². The number of carbonyl (C=O) groups excluding carboxylic acids is 4. The molecule has 0 aromatic heterocycles. The van der Waals surface area contributed by atoms with Crippen LogP contribution in [-0.2, 0) is 30.4 Å². The molecule has 1 heterocycles. The Balaban J connectivity index is 2.04. The van der Waals surface area contributed by atoms with Gasteiger partial charge in [0.25, 0.3) is 0 Å². The molecule has 0 radical (unpaired) electrons. The van der Waals surface area contributed by atoms with Gasteiger partial charge in [0, 0.05) is 26.2 Å². The summed E-state index contributed by atoms with van der Waals surface area (Å²) in [5, 5.41) is 4.99. The Hall–Kier alpha value is -3.14. The highest BCUT2D eigenvalue weighted by Gasteiger charge is 2.35. The average molecular weight is 420 g/mol. The molecule has 1 atom stereocenters. The summed E-state index contributed by atoms with van der Waals surface area (Å²) >= 11 is 0. The first-order chi connectivity index (χ1) is 14.4. The van der Waals surface area contributed by atoms with Gasteiger partial charge in [-0.1, -0.05) is 30.3 Å². The average Bonchev–Trinajstić information content (AvgIpc) is 2.76. The molecule has 0 aliphatic carbocycles. The Kier molecular flexibility index (Phi) is 9.07. The first-order valence-corrected chi connectivity index (χ1v) is 9.75. The van der Waals surface area contributed by atoms with Crippen LogP contribution < -0.4 is 10.6 Å². The summed E-state index contributed by atoms with van der Waals surface area (Å²) in [6.45, 7) is 3.07. The lowest BCUT2D eigenvalue weighted by Crippen LogP contribution is -2.62. The molecule has 1 aliphatic rings. The number of methoxy groups -OCH3 is 1. The molecule has 1 aliphatic heterocycles. The molecule has 1 aromatic carbocycles. The highest BCUT2D eigenvalue weighted by atomic mass is 16.5. The third kappa shape index (κ3) is 7.03. The van der Waals surface area contributed by atoms with Crippen LogP contribution in [0.1, 0.15) is 12.5 Å². The number of hydrogen-bond donors (Lipinski definition) is 2. The molecule has 10 heteroatoms. The predicted molar refractivity (Wildman–Crippen MR) is 107 cm³/mol. The van der Waals surface area contributed by atoms with Crippen molar-refractivity contribution in [3.8, 4) is 0 Å². The van der Waals surface area contributed by atoms with Gasteiger partial charge in [0.15, 0.2) is 0 Å². The molecule has 10 nitrogen and oxygen atoms in total. The number of benzene rings is 1. The van der Waals surface area contributed by atoms with Crippen LogP contribution >= 0.6 is 0 Å². The van der Waals surface area contributed by atoms with Gasteiger partial charge in [-0.25, -0.2) is 4.79 Å². The van der Waals surface area contributed by atoms with E-state index in [1.807, 2.05) is 30.3 Å². The number of amides is 3. The van der Waals surface area contributed by atoms with Gasteiger partial charge in [0.1, 0.15) is 19.1 Å². The second-order valence-corrected chi connectivity index (χ2v) is 6.69. The number of piperazine rings is 1. The van der Waals surface area contributed by atoms with Gasteiger partial charge in [-0.2, -0.15) is 0 Å². The van der Waals surface area contributed by atoms with Crippen molar-refractivity contribution in [2.75, 3.05) is 46.4 Å². The number of ether oxygens (including phenoxy) is 2. The van der Waals surface area contributed by atoms with E-state index in [2.05, 4.69) is 20.3 Å². The van der Waals surface area contributed by atoms with E-state index in [0.29, 0.717) is 13.1 Å². The maximum Gasteiger partial charge on any atom is 0.325 e. The Morgan fingerprint density at radius 1 is 1.03 bits per heavy atom. The van der Waals surface area contributed by atoms with Crippen LogP contribution in [0.25, 0.3) is 0 Å². The Bertz CT molecular complexity index is 742. The fourth-order valence-electron chi connectivity index (χ4n) is 3.10. The molecule has 0 spiro atoms. The smallest absolute Gasteiger partial charge is 0.325 e. The van der Waals surface area contributed by atoms with Gasteiger partial charge in [0.05, 0.1) is 13.7 Å². The predicted octanol–water partition coefficient (Wildman–Crippen LogP) is -0.265. The molecule has 164 valence electrons. The normalized spacial score (nSPS) is 16.5. The SMILES string of the molecule is CCOC(=O)CNC(=O)N1CCN(Cc2ccccc2)CC1C(=O)NCC(=O)OC. The number of nitrogens with zero attached hydrogens (tertiary/aromatic N) is 2. The van der Waals surface area contributed by atoms with E-state index in [0.717, 1.165) is 5.56 Å². The summed E-state index contributed by atoms with van der Waals surface area (Å²) < 4.78 is 9.35. The van der Waals surface area contributed by atoms with Crippen molar-refractivity contribution in [1.29, 1.82) is 0 Å². The van der Waals surface area contributed by atoms with Gasteiger partial charge < -0.3 is 25.0 Å². The fourth-order valence-corrected chi connectivity index (χ4v) is 3.10. The molecule has 0 bridgehead atoms. The van der Waals surface area contributed by atoms with Gasteiger partial charge >= 0.3 is 18.0 Å². The third-order valence-corrected chi connectivity index (χ3v) is 4.60. The zero-order valence-corrected chi connectivity index (χ0v) is 17.3. The van der Waals surface area contributed by atoms with Crippen molar-refractivity contribution in [1.82, 2.24) is 20.4 Å². The van der Waals surface area contributed by atoms with Crippen molar-refractivity contribution < 1.29 is 28.7 Å². The van der Waals surface area contributed by atoms with Crippen molar-refractivity contribution in [3.05, 3.63) is 35.9 Å². The van der Waals surface area contributed by atoms with E-state index in [4.69, 9.17) is 4.74 Å². The topological polar surface area (TPSA) is 117 Å². The quantitative estimate of drug-likeness (QED) is 0.556. The highest BCUT2D eigenvalue weighted by molar-refractivity contribution is 5.90. The second-order valence-electron chi connectivity index (χ2n) is 6.69. The largest absolute Gasteiger partial charge is 0.468 e. The number of hydrogen-bond acceptors (Lipinski definition) is 7. The minimum absolute atomic E-state index is 0.214. The van der Waals surface area contributed by atoms with Crippen molar-refractivity contribution >= 4 is 23.9 Å². The lowest BCUT2D eigenvalue weighted by molar-refractivity contribution is -0.142. The fraction of sp³-hybridized carbons (Fsp3) is 0.500. The number of rotatable bonds is 8. The van der Waals surface area contributed by atoms with E-state index < -0.39 is 29.9 Å². The summed E-state index contributed by atoms with van der Waals surface area (Å²) in [6, 6.07) is 8.42. The van der Waals surface area contributed by atoms with Gasteiger partial charge in [-0.3, -0.25) is 19.3 Å². The summed E-state index contributed by atoms with van der Waals surface area (Å²) in [4.78, 5) is 51.6. The number of urea groups is 1. The van der Waals surface area contributed by atoms with Crippen LogP contribution in [0.2, 0.25) is 0 Å². The standard InChI is InChI=1S/C20H28N4O6/c1-3-30-18(26)12-22-20(28)24-10-9-23(13-15-7-5-4-6-8-15)14-16(24)19(27)21-11-17(25)29-2/h4-8,16H,3,9-14H2,1-2H3,(H,21,27)(H,22,28). The summed E-state index contributed by atoms with van der Waals surface area (Å²) in [5.41, 5.74) is 1.09. The molecule has 1 fully saturated rings. The van der Waals surface area contributed by atoms with Crippen LogP contribution in [0, 0.1) is 0 Å². The molecule has 1 unspecified atom stereocenters. The zero-order chi connectivity index (χ0) is 21.9. The van der Waals surface area contributed by atoms with E-state index in [9.17, 15) is 19.2 Å². The van der Waals surface area contributed by atoms with E-state index in [1.165, 1.54) is 12.0 Å². The maximum absolute atomic E-state index is 12.7. The number of esters is 2. The molecule has 0 saturated carbocycles. The zero-order valence-electron chi connectivity index (χ0n) is 17.3. The highest BCUT2D eigenvalue weighted by Crippen LogP contribution is 2.14. The van der Waals surface area contributed by atoms with E-state index >= 15 is 0 Å². The summed E-state index contributed by atoms with van der Waals surface area (Å²) in [5.74, 6) is -1.61. The number of carbonyl (C=O) groups is 4. The molecule has 2 N–H and O–H groups in total. The minimum Gasteiger partial charge on any atom is -0.468 e. The summed E-state index contributed by atoms with van der Waals surface area (Å²) in [6.07, 6.45) is 0. The maximum atomic E-state index is 12.7. The Morgan fingerprint density at radius 3 is 2.40 bits per heavy atom. The first kappa shape index (κ1) is 23.1. The van der Waals surface area contributed by atoms with Gasteiger partial charge in [0.2, 0.25) is 5.91 Å². The van der Waals surface area contributed by atoms with Gasteiger partial charge in [-0.15, -0.1) is 0 Å². The summed E-state index contributed by atoms with van der Waals surface area (Å²) in [7, 11) is 1.23. The van der Waals surface area contributed by atoms with Crippen molar-refractivity contribution in [3.63, 3.8) is 0 Å². The third-order valence-electron chi connectivity index (χ3n) is 4.60. The molecule has 1 aromatic rings. The molecule has 3 amide bonds. The minimum atomic E-state index is -0.825. The molecule has 2 rings (SSSR count). The van der Waals surface area contributed by atoms with Crippen molar-refractivity contribution in [2.45, 2.75) is 19.5 Å². The van der Waals surface area contributed by atoms with Crippen LogP contribution in [0.15, 0.2) is 30.3 Å². The van der Waals surface area contributed by atoms with Gasteiger partial charge in [-0.05, 0) is 12.5 Å². The first-order valence-electron chi connectivity index (χ1n) is 9.75.